The van der Waals surface area contributed by atoms with Crippen molar-refractivity contribution >= 4 is 5.69 Å². The molecular formula is C28H32N2O. The third-order valence-corrected chi connectivity index (χ3v) is 7.03. The normalized spacial score (nSPS) is 21.3. The zero-order valence-electron chi connectivity index (χ0n) is 18.4. The number of nitrogens with zero attached hydrogens (tertiary/aromatic N) is 2. The molecule has 0 aromatic heterocycles. The second-order valence-electron chi connectivity index (χ2n) is 9.07. The van der Waals surface area contributed by atoms with E-state index >= 15 is 0 Å². The average molecular weight is 413 g/mol. The molecule has 31 heavy (non-hydrogen) atoms. The smallest absolute Gasteiger partial charge is 0.0715 e. The molecule has 160 valence electrons. The lowest BCUT2D eigenvalue weighted by Gasteiger charge is -2.37. The van der Waals surface area contributed by atoms with Crippen molar-refractivity contribution in [2.75, 3.05) is 44.2 Å². The Bertz CT molecular complexity index is 923. The molecule has 2 saturated heterocycles. The van der Waals surface area contributed by atoms with E-state index in [-0.39, 0.29) is 11.5 Å². The van der Waals surface area contributed by atoms with Gasteiger partial charge in [-0.15, -0.1) is 0 Å². The van der Waals surface area contributed by atoms with Crippen LogP contribution in [0.3, 0.4) is 0 Å². The summed E-state index contributed by atoms with van der Waals surface area (Å²) in [6.07, 6.45) is 1.31. The Morgan fingerprint density at radius 3 is 1.94 bits per heavy atom. The van der Waals surface area contributed by atoms with Gasteiger partial charge in [-0.3, -0.25) is 4.90 Å². The molecule has 0 amide bonds. The van der Waals surface area contributed by atoms with Crippen LogP contribution in [0.5, 0.6) is 0 Å². The Balaban J connectivity index is 1.25. The number of aryl methyl sites for hydroxylation is 1. The van der Waals surface area contributed by atoms with Crippen molar-refractivity contribution in [1.29, 1.82) is 0 Å². The van der Waals surface area contributed by atoms with Crippen molar-refractivity contribution < 1.29 is 4.74 Å². The number of anilines is 1. The summed E-state index contributed by atoms with van der Waals surface area (Å²) in [5.41, 5.74) is 5.35. The molecule has 0 saturated carbocycles. The zero-order chi connectivity index (χ0) is 21.1. The van der Waals surface area contributed by atoms with Crippen molar-refractivity contribution in [2.45, 2.75) is 24.9 Å². The molecular weight excluding hydrogens is 380 g/mol. The molecule has 0 aliphatic carbocycles. The predicted octanol–water partition coefficient (Wildman–Crippen LogP) is 4.89. The van der Waals surface area contributed by atoms with Gasteiger partial charge in [0.1, 0.15) is 0 Å². The first-order chi connectivity index (χ1) is 15.2. The van der Waals surface area contributed by atoms with Crippen molar-refractivity contribution in [3.63, 3.8) is 0 Å². The first-order valence-corrected chi connectivity index (χ1v) is 11.5. The lowest BCUT2D eigenvalue weighted by atomic mass is 9.73. The SMILES string of the molecule is Cc1ccc(N2CCN(CC3CC(c4ccccc4)(c4ccccc4)CO3)CC2)cc1. The quantitative estimate of drug-likeness (QED) is 0.593. The van der Waals surface area contributed by atoms with Crippen molar-refractivity contribution in [2.24, 2.45) is 0 Å². The van der Waals surface area contributed by atoms with Gasteiger partial charge in [0.05, 0.1) is 12.7 Å². The maximum atomic E-state index is 6.45. The van der Waals surface area contributed by atoms with Gasteiger partial charge < -0.3 is 9.64 Å². The average Bonchev–Trinajstić information content (AvgIpc) is 3.26. The van der Waals surface area contributed by atoms with Gasteiger partial charge >= 0.3 is 0 Å². The minimum Gasteiger partial charge on any atom is -0.376 e. The Labute approximate surface area is 186 Å². The molecule has 2 heterocycles. The maximum absolute atomic E-state index is 6.45. The monoisotopic (exact) mass is 412 g/mol. The van der Waals surface area contributed by atoms with Gasteiger partial charge in [-0.2, -0.15) is 0 Å². The number of rotatable bonds is 5. The van der Waals surface area contributed by atoms with Crippen LogP contribution >= 0.6 is 0 Å². The van der Waals surface area contributed by atoms with E-state index in [4.69, 9.17) is 4.74 Å². The minimum absolute atomic E-state index is 0.0447. The van der Waals surface area contributed by atoms with E-state index < -0.39 is 0 Å². The van der Waals surface area contributed by atoms with E-state index in [2.05, 4.69) is 102 Å². The van der Waals surface area contributed by atoms with Gasteiger partial charge in [0.25, 0.3) is 0 Å². The Morgan fingerprint density at radius 1 is 0.774 bits per heavy atom. The molecule has 0 N–H and O–H groups in total. The summed E-state index contributed by atoms with van der Waals surface area (Å²) in [5.74, 6) is 0. The predicted molar refractivity (Wildman–Crippen MR) is 128 cm³/mol. The number of hydrogen-bond acceptors (Lipinski definition) is 3. The Hall–Kier alpha value is -2.62. The number of benzene rings is 3. The molecule has 0 bridgehead atoms. The molecule has 3 heteroatoms. The fourth-order valence-electron chi connectivity index (χ4n) is 5.20. The highest BCUT2D eigenvalue weighted by Gasteiger charge is 2.43. The molecule has 3 nitrogen and oxygen atoms in total. The van der Waals surface area contributed by atoms with E-state index in [1.165, 1.54) is 22.4 Å². The van der Waals surface area contributed by atoms with Crippen LogP contribution in [-0.4, -0.2) is 50.3 Å². The summed E-state index contributed by atoms with van der Waals surface area (Å²) >= 11 is 0. The summed E-state index contributed by atoms with van der Waals surface area (Å²) in [4.78, 5) is 5.09. The second kappa shape index (κ2) is 8.86. The zero-order valence-corrected chi connectivity index (χ0v) is 18.4. The van der Waals surface area contributed by atoms with Crippen molar-refractivity contribution in [3.8, 4) is 0 Å². The summed E-state index contributed by atoms with van der Waals surface area (Å²) in [6.45, 7) is 8.28. The fraction of sp³-hybridized carbons (Fsp3) is 0.357. The summed E-state index contributed by atoms with van der Waals surface area (Å²) in [5, 5.41) is 0. The van der Waals surface area contributed by atoms with Crippen LogP contribution in [0.1, 0.15) is 23.1 Å². The maximum Gasteiger partial charge on any atom is 0.0715 e. The van der Waals surface area contributed by atoms with E-state index in [0.29, 0.717) is 0 Å². The van der Waals surface area contributed by atoms with Crippen LogP contribution < -0.4 is 4.90 Å². The third-order valence-electron chi connectivity index (χ3n) is 7.03. The summed E-state index contributed by atoms with van der Waals surface area (Å²) in [7, 11) is 0. The Kier molecular flexibility index (Phi) is 5.80. The van der Waals surface area contributed by atoms with Crippen molar-refractivity contribution in [3.05, 3.63) is 102 Å². The van der Waals surface area contributed by atoms with Gasteiger partial charge in [0, 0.05) is 43.8 Å². The molecule has 0 spiro atoms. The van der Waals surface area contributed by atoms with Gasteiger partial charge in [0.15, 0.2) is 0 Å². The van der Waals surface area contributed by atoms with Gasteiger partial charge in [-0.1, -0.05) is 78.4 Å². The van der Waals surface area contributed by atoms with E-state index in [1.54, 1.807) is 0 Å². The fourth-order valence-corrected chi connectivity index (χ4v) is 5.20. The van der Waals surface area contributed by atoms with E-state index in [1.807, 2.05) is 0 Å². The molecule has 1 atom stereocenters. The van der Waals surface area contributed by atoms with Crippen LogP contribution in [0.25, 0.3) is 0 Å². The second-order valence-corrected chi connectivity index (χ2v) is 9.07. The molecule has 2 aliphatic rings. The lowest BCUT2D eigenvalue weighted by Crippen LogP contribution is -2.48. The molecule has 1 unspecified atom stereocenters. The molecule has 3 aromatic carbocycles. The highest BCUT2D eigenvalue weighted by molar-refractivity contribution is 5.48. The standard InChI is InChI=1S/C28H32N2O/c1-23-12-14-26(15-13-23)30-18-16-29(17-19-30)21-27-20-28(22-31-27,24-8-4-2-5-9-24)25-10-6-3-7-11-25/h2-15,27H,16-22H2,1H3. The van der Waals surface area contributed by atoms with E-state index in [0.717, 1.165) is 45.8 Å². The highest BCUT2D eigenvalue weighted by Crippen LogP contribution is 2.42. The minimum atomic E-state index is -0.0447. The summed E-state index contributed by atoms with van der Waals surface area (Å²) in [6, 6.07) is 30.8. The third kappa shape index (κ3) is 4.26. The molecule has 2 fully saturated rings. The Morgan fingerprint density at radius 2 is 1.35 bits per heavy atom. The lowest BCUT2D eigenvalue weighted by molar-refractivity contribution is 0.0688. The van der Waals surface area contributed by atoms with Crippen LogP contribution in [0, 0.1) is 6.92 Å². The van der Waals surface area contributed by atoms with Crippen LogP contribution in [0.4, 0.5) is 5.69 Å². The van der Waals surface area contributed by atoms with Gasteiger partial charge in [0.2, 0.25) is 0 Å². The first kappa shape index (κ1) is 20.3. The molecule has 2 aliphatic heterocycles. The summed E-state index contributed by atoms with van der Waals surface area (Å²) < 4.78 is 6.45. The van der Waals surface area contributed by atoms with Crippen LogP contribution in [0.15, 0.2) is 84.9 Å². The molecule has 3 aromatic rings. The number of ether oxygens (including phenoxy) is 1. The first-order valence-electron chi connectivity index (χ1n) is 11.5. The largest absolute Gasteiger partial charge is 0.376 e. The van der Waals surface area contributed by atoms with Crippen LogP contribution in [0.2, 0.25) is 0 Å². The highest BCUT2D eigenvalue weighted by atomic mass is 16.5. The number of piperazine rings is 1. The van der Waals surface area contributed by atoms with Gasteiger partial charge in [-0.05, 0) is 36.6 Å². The number of hydrogen-bond donors (Lipinski definition) is 0. The van der Waals surface area contributed by atoms with E-state index in [9.17, 15) is 0 Å². The van der Waals surface area contributed by atoms with Crippen molar-refractivity contribution in [1.82, 2.24) is 4.90 Å². The molecule has 5 rings (SSSR count). The van der Waals surface area contributed by atoms with Crippen LogP contribution in [-0.2, 0) is 10.2 Å². The van der Waals surface area contributed by atoms with Gasteiger partial charge in [-0.25, -0.2) is 0 Å². The molecule has 0 radical (unpaired) electrons. The topological polar surface area (TPSA) is 15.7 Å².